The molecular weight excluding hydrogens is 348 g/mol. The molecule has 0 radical (unpaired) electrons. The monoisotopic (exact) mass is 374 g/mol. The summed E-state index contributed by atoms with van der Waals surface area (Å²) in [6.07, 6.45) is 1.77. The van der Waals surface area contributed by atoms with Crippen molar-refractivity contribution in [3.05, 3.63) is 88.5 Å². The summed E-state index contributed by atoms with van der Waals surface area (Å²) in [5.74, 6) is 1.39. The average molecular weight is 374 g/mol. The van der Waals surface area contributed by atoms with Gasteiger partial charge in [-0.2, -0.15) is 5.10 Å². The van der Waals surface area contributed by atoms with E-state index in [2.05, 4.69) is 67.7 Å². The van der Waals surface area contributed by atoms with Gasteiger partial charge in [0.05, 0.1) is 19.0 Å². The predicted molar refractivity (Wildman–Crippen MR) is 116 cm³/mol. The van der Waals surface area contributed by atoms with E-state index in [1.54, 1.807) is 13.3 Å². The van der Waals surface area contributed by atoms with Crippen LogP contribution in [0.1, 0.15) is 27.8 Å². The van der Waals surface area contributed by atoms with Crippen LogP contribution < -0.4 is 14.9 Å². The normalized spacial score (nSPS) is 10.9. The Morgan fingerprint density at radius 2 is 1.64 bits per heavy atom. The zero-order chi connectivity index (χ0) is 19.9. The van der Waals surface area contributed by atoms with E-state index < -0.39 is 0 Å². The number of nitrogens with zero attached hydrogens (tertiary/aromatic N) is 1. The van der Waals surface area contributed by atoms with Gasteiger partial charge in [0.2, 0.25) is 0 Å². The first-order chi connectivity index (χ1) is 13.5. The van der Waals surface area contributed by atoms with Crippen LogP contribution in [0, 0.1) is 20.8 Å². The van der Waals surface area contributed by atoms with E-state index in [4.69, 9.17) is 9.47 Å². The minimum atomic E-state index is 0.498. The SMILES string of the molecule is COc1cc(/C=N/Nc2ccc(C)c(C)c2)ccc1OCc1ccc(C)cc1. The van der Waals surface area contributed by atoms with Gasteiger partial charge in [-0.1, -0.05) is 35.9 Å². The van der Waals surface area contributed by atoms with Crippen molar-refractivity contribution in [3.8, 4) is 11.5 Å². The highest BCUT2D eigenvalue weighted by Gasteiger charge is 2.06. The molecule has 0 spiro atoms. The maximum Gasteiger partial charge on any atom is 0.161 e. The minimum Gasteiger partial charge on any atom is -0.493 e. The molecule has 0 heterocycles. The lowest BCUT2D eigenvalue weighted by Gasteiger charge is -2.11. The zero-order valence-electron chi connectivity index (χ0n) is 16.8. The molecule has 0 amide bonds. The fourth-order valence-corrected chi connectivity index (χ4v) is 2.72. The summed E-state index contributed by atoms with van der Waals surface area (Å²) in [4.78, 5) is 0. The van der Waals surface area contributed by atoms with Crippen molar-refractivity contribution < 1.29 is 9.47 Å². The molecule has 3 aromatic rings. The Kier molecular flexibility index (Phi) is 6.33. The molecule has 0 fully saturated rings. The van der Waals surface area contributed by atoms with Gasteiger partial charge in [-0.25, -0.2) is 0 Å². The standard InChI is InChI=1S/C24H26N2O2/c1-17-5-8-20(9-6-17)16-28-23-12-10-21(14-24(23)27-4)15-25-26-22-11-7-18(2)19(3)13-22/h5-15,26H,16H2,1-4H3/b25-15+. The number of rotatable bonds is 7. The third-order valence-corrected chi connectivity index (χ3v) is 4.62. The first kappa shape index (κ1) is 19.5. The minimum absolute atomic E-state index is 0.498. The van der Waals surface area contributed by atoms with E-state index in [-0.39, 0.29) is 0 Å². The number of hydrogen-bond acceptors (Lipinski definition) is 4. The van der Waals surface area contributed by atoms with Crippen molar-refractivity contribution in [1.29, 1.82) is 0 Å². The van der Waals surface area contributed by atoms with Gasteiger partial charge in [-0.05, 0) is 73.4 Å². The maximum absolute atomic E-state index is 5.92. The number of methoxy groups -OCH3 is 1. The van der Waals surface area contributed by atoms with Crippen molar-refractivity contribution in [3.63, 3.8) is 0 Å². The number of ether oxygens (including phenoxy) is 2. The first-order valence-corrected chi connectivity index (χ1v) is 9.28. The number of aryl methyl sites for hydroxylation is 3. The molecule has 0 aliphatic rings. The van der Waals surface area contributed by atoms with Crippen LogP contribution in [-0.4, -0.2) is 13.3 Å². The summed E-state index contributed by atoms with van der Waals surface area (Å²) in [7, 11) is 1.64. The highest BCUT2D eigenvalue weighted by Crippen LogP contribution is 2.28. The highest BCUT2D eigenvalue weighted by atomic mass is 16.5. The van der Waals surface area contributed by atoms with Gasteiger partial charge >= 0.3 is 0 Å². The van der Waals surface area contributed by atoms with Crippen LogP contribution in [0.2, 0.25) is 0 Å². The number of nitrogens with one attached hydrogen (secondary N) is 1. The maximum atomic E-state index is 5.92. The number of hydrogen-bond donors (Lipinski definition) is 1. The van der Waals surface area contributed by atoms with E-state index in [0.29, 0.717) is 18.1 Å². The van der Waals surface area contributed by atoms with Crippen molar-refractivity contribution >= 4 is 11.9 Å². The summed E-state index contributed by atoms with van der Waals surface area (Å²) in [5.41, 5.74) is 9.81. The van der Waals surface area contributed by atoms with Crippen molar-refractivity contribution in [2.45, 2.75) is 27.4 Å². The molecule has 0 saturated heterocycles. The molecule has 0 aliphatic carbocycles. The average Bonchev–Trinajstić information content (AvgIpc) is 2.70. The molecular formula is C24H26N2O2. The zero-order valence-corrected chi connectivity index (χ0v) is 16.8. The second-order valence-electron chi connectivity index (χ2n) is 6.85. The smallest absolute Gasteiger partial charge is 0.161 e. The molecule has 144 valence electrons. The van der Waals surface area contributed by atoms with E-state index in [0.717, 1.165) is 16.8 Å². The summed E-state index contributed by atoms with van der Waals surface area (Å²) >= 11 is 0. The molecule has 28 heavy (non-hydrogen) atoms. The van der Waals surface area contributed by atoms with E-state index in [1.807, 2.05) is 24.3 Å². The van der Waals surface area contributed by atoms with Crippen LogP contribution in [0.5, 0.6) is 11.5 Å². The fourth-order valence-electron chi connectivity index (χ4n) is 2.72. The molecule has 0 aromatic heterocycles. The summed E-state index contributed by atoms with van der Waals surface area (Å²) in [5, 5.41) is 4.32. The van der Waals surface area contributed by atoms with E-state index in [1.165, 1.54) is 16.7 Å². The Hall–Kier alpha value is -3.27. The Labute approximate surface area is 166 Å². The molecule has 0 atom stereocenters. The third kappa shape index (κ3) is 5.13. The van der Waals surface area contributed by atoms with Gasteiger partial charge in [0.25, 0.3) is 0 Å². The van der Waals surface area contributed by atoms with Gasteiger partial charge in [-0.3, -0.25) is 5.43 Å². The lowest BCUT2D eigenvalue weighted by molar-refractivity contribution is 0.284. The summed E-state index contributed by atoms with van der Waals surface area (Å²) in [6, 6.07) is 20.3. The summed E-state index contributed by atoms with van der Waals surface area (Å²) in [6.45, 7) is 6.75. The molecule has 4 heteroatoms. The Balaban J connectivity index is 1.64. The molecule has 0 bridgehead atoms. The van der Waals surface area contributed by atoms with Gasteiger partial charge in [0, 0.05) is 0 Å². The Morgan fingerprint density at radius 1 is 0.857 bits per heavy atom. The van der Waals surface area contributed by atoms with Crippen LogP contribution in [0.3, 0.4) is 0 Å². The lowest BCUT2D eigenvalue weighted by Crippen LogP contribution is -1.99. The largest absolute Gasteiger partial charge is 0.493 e. The third-order valence-electron chi connectivity index (χ3n) is 4.62. The Bertz CT molecular complexity index is 963. The fraction of sp³-hybridized carbons (Fsp3) is 0.208. The topological polar surface area (TPSA) is 42.8 Å². The number of anilines is 1. The van der Waals surface area contributed by atoms with Crippen LogP contribution in [0.15, 0.2) is 65.8 Å². The van der Waals surface area contributed by atoms with Crippen LogP contribution in [0.25, 0.3) is 0 Å². The number of benzene rings is 3. The van der Waals surface area contributed by atoms with Gasteiger partial charge in [0.15, 0.2) is 11.5 Å². The van der Waals surface area contributed by atoms with E-state index in [9.17, 15) is 0 Å². The van der Waals surface area contributed by atoms with Crippen LogP contribution in [0.4, 0.5) is 5.69 Å². The molecule has 3 rings (SSSR count). The molecule has 0 unspecified atom stereocenters. The van der Waals surface area contributed by atoms with Crippen molar-refractivity contribution in [1.82, 2.24) is 0 Å². The highest BCUT2D eigenvalue weighted by molar-refractivity contribution is 5.81. The van der Waals surface area contributed by atoms with Gasteiger partial charge in [-0.15, -0.1) is 0 Å². The molecule has 1 N–H and O–H groups in total. The first-order valence-electron chi connectivity index (χ1n) is 9.28. The van der Waals surface area contributed by atoms with Gasteiger partial charge in [0.1, 0.15) is 6.61 Å². The second kappa shape index (κ2) is 9.09. The molecule has 0 aliphatic heterocycles. The van der Waals surface area contributed by atoms with Gasteiger partial charge < -0.3 is 9.47 Å². The molecule has 0 saturated carbocycles. The molecule has 3 aromatic carbocycles. The lowest BCUT2D eigenvalue weighted by atomic mass is 10.1. The van der Waals surface area contributed by atoms with E-state index >= 15 is 0 Å². The summed E-state index contributed by atoms with van der Waals surface area (Å²) < 4.78 is 11.4. The van der Waals surface area contributed by atoms with Crippen LogP contribution in [-0.2, 0) is 6.61 Å². The Morgan fingerprint density at radius 3 is 2.36 bits per heavy atom. The number of hydrazone groups is 1. The predicted octanol–water partition coefficient (Wildman–Crippen LogP) is 5.65. The van der Waals surface area contributed by atoms with Crippen molar-refractivity contribution in [2.75, 3.05) is 12.5 Å². The quantitative estimate of drug-likeness (QED) is 0.429. The molecule has 4 nitrogen and oxygen atoms in total. The van der Waals surface area contributed by atoms with Crippen molar-refractivity contribution in [2.24, 2.45) is 5.10 Å². The second-order valence-corrected chi connectivity index (χ2v) is 6.85. The van der Waals surface area contributed by atoms with Crippen LogP contribution >= 0.6 is 0 Å².